The van der Waals surface area contributed by atoms with Crippen molar-refractivity contribution in [2.24, 2.45) is 40.4 Å². The molecule has 1 N–H and O–H groups in total. The third-order valence-corrected chi connectivity index (χ3v) is 11.4. The van der Waals surface area contributed by atoms with Crippen molar-refractivity contribution in [3.05, 3.63) is 11.6 Å². The Kier molecular flexibility index (Phi) is 9.10. The summed E-state index contributed by atoms with van der Waals surface area (Å²) in [5.41, 5.74) is 2.33. The predicted molar refractivity (Wildman–Crippen MR) is 144 cm³/mol. The van der Waals surface area contributed by atoms with E-state index in [1.165, 1.54) is 70.6 Å². The molecule has 3 saturated carbocycles. The van der Waals surface area contributed by atoms with Crippen LogP contribution >= 0.6 is 0 Å². The van der Waals surface area contributed by atoms with Gasteiger partial charge in [0.15, 0.2) is 0 Å². The van der Waals surface area contributed by atoms with Gasteiger partial charge in [0.25, 0.3) is 0 Å². The SMILES string of the molecule is CCCCCCCCOC(=O)CC[C@@H](C)[C@H]1CC[C@H]2[C@@H]3CC=C4C[C@@H](O)CC[C@]4(C)[C@H]3CC[C@]12C. The lowest BCUT2D eigenvalue weighted by molar-refractivity contribution is -0.144. The monoisotopic (exact) mass is 486 g/mol. The van der Waals surface area contributed by atoms with Crippen LogP contribution in [0, 0.1) is 40.4 Å². The smallest absolute Gasteiger partial charge is 0.305 e. The Bertz CT molecular complexity index is 743. The van der Waals surface area contributed by atoms with Crippen molar-refractivity contribution >= 4 is 5.97 Å². The molecule has 0 amide bonds. The first-order valence-corrected chi connectivity index (χ1v) is 15.3. The van der Waals surface area contributed by atoms with Crippen molar-refractivity contribution in [2.75, 3.05) is 6.61 Å². The zero-order valence-corrected chi connectivity index (χ0v) is 23.3. The van der Waals surface area contributed by atoms with Crippen LogP contribution in [0.5, 0.6) is 0 Å². The highest BCUT2D eigenvalue weighted by Gasteiger charge is 2.59. The summed E-state index contributed by atoms with van der Waals surface area (Å²) in [4.78, 5) is 12.4. The van der Waals surface area contributed by atoms with Gasteiger partial charge in [-0.15, -0.1) is 0 Å². The van der Waals surface area contributed by atoms with E-state index in [1.807, 2.05) is 0 Å². The van der Waals surface area contributed by atoms with Crippen LogP contribution in [-0.4, -0.2) is 23.8 Å². The summed E-state index contributed by atoms with van der Waals surface area (Å²) in [7, 11) is 0. The van der Waals surface area contributed by atoms with Gasteiger partial charge in [-0.1, -0.05) is 71.4 Å². The van der Waals surface area contributed by atoms with Gasteiger partial charge in [0.2, 0.25) is 0 Å². The van der Waals surface area contributed by atoms with Gasteiger partial charge in [0, 0.05) is 6.42 Å². The first-order valence-electron chi connectivity index (χ1n) is 15.3. The highest BCUT2D eigenvalue weighted by atomic mass is 16.5. The molecule has 3 nitrogen and oxygen atoms in total. The maximum Gasteiger partial charge on any atom is 0.305 e. The number of esters is 1. The quantitative estimate of drug-likeness (QED) is 0.182. The van der Waals surface area contributed by atoms with Crippen LogP contribution in [0.4, 0.5) is 0 Å². The molecule has 0 heterocycles. The molecule has 0 spiro atoms. The molecule has 200 valence electrons. The van der Waals surface area contributed by atoms with E-state index < -0.39 is 0 Å². The highest BCUT2D eigenvalue weighted by molar-refractivity contribution is 5.69. The molecular formula is C32H54O3. The number of aliphatic hydroxyl groups is 1. The van der Waals surface area contributed by atoms with E-state index in [0.29, 0.717) is 29.8 Å². The van der Waals surface area contributed by atoms with E-state index in [4.69, 9.17) is 4.74 Å². The number of ether oxygens (including phenoxy) is 1. The molecule has 0 radical (unpaired) electrons. The minimum atomic E-state index is -0.117. The average Bonchev–Trinajstić information content (AvgIpc) is 3.19. The molecule has 0 bridgehead atoms. The number of rotatable bonds is 11. The van der Waals surface area contributed by atoms with Crippen LogP contribution in [0.25, 0.3) is 0 Å². The number of carbonyl (C=O) groups is 1. The molecule has 0 aromatic carbocycles. The predicted octanol–water partition coefficient (Wildman–Crippen LogP) is 8.25. The molecular weight excluding hydrogens is 432 g/mol. The van der Waals surface area contributed by atoms with Gasteiger partial charge in [-0.05, 0) is 105 Å². The molecule has 0 aromatic rings. The van der Waals surface area contributed by atoms with Crippen LogP contribution in [0.15, 0.2) is 11.6 Å². The van der Waals surface area contributed by atoms with Crippen LogP contribution in [0.1, 0.15) is 130 Å². The highest BCUT2D eigenvalue weighted by Crippen LogP contribution is 2.67. The minimum absolute atomic E-state index is 0.0196. The fourth-order valence-electron chi connectivity index (χ4n) is 9.30. The lowest BCUT2D eigenvalue weighted by Gasteiger charge is -2.58. The number of hydrogen-bond donors (Lipinski definition) is 1. The lowest BCUT2D eigenvalue weighted by atomic mass is 9.47. The Balaban J connectivity index is 1.27. The molecule has 35 heavy (non-hydrogen) atoms. The second kappa shape index (κ2) is 11.7. The van der Waals surface area contributed by atoms with E-state index in [-0.39, 0.29) is 12.1 Å². The van der Waals surface area contributed by atoms with E-state index in [2.05, 4.69) is 33.8 Å². The van der Waals surface area contributed by atoms with Gasteiger partial charge < -0.3 is 9.84 Å². The number of unbranched alkanes of at least 4 members (excludes halogenated alkanes) is 5. The van der Waals surface area contributed by atoms with Gasteiger partial charge in [-0.2, -0.15) is 0 Å². The number of hydrogen-bond acceptors (Lipinski definition) is 3. The standard InChI is InChI=1S/C32H54O3/c1-5-6-7-8-9-10-21-35-30(34)16-11-23(2)27-14-15-28-26-13-12-24-22-25(33)17-19-31(24,3)29(26)18-20-32(27,28)4/h12,23,25-29,33H,5-11,13-22H2,1-4H3/t23-,25+,26+,27-,28+,29+,31+,32-/m1/s1. The molecule has 4 aliphatic rings. The largest absolute Gasteiger partial charge is 0.466 e. The van der Waals surface area contributed by atoms with E-state index in [0.717, 1.165) is 49.4 Å². The van der Waals surface area contributed by atoms with Gasteiger partial charge in [-0.25, -0.2) is 0 Å². The number of carbonyl (C=O) groups excluding carboxylic acids is 1. The van der Waals surface area contributed by atoms with Crippen LogP contribution in [0.3, 0.4) is 0 Å². The summed E-state index contributed by atoms with van der Waals surface area (Å²) in [5.74, 6) is 3.81. The number of aliphatic hydroxyl groups excluding tert-OH is 1. The molecule has 3 fully saturated rings. The fraction of sp³-hybridized carbons (Fsp3) is 0.906. The maximum absolute atomic E-state index is 12.4. The average molecular weight is 487 g/mol. The van der Waals surface area contributed by atoms with Gasteiger partial charge in [0.1, 0.15) is 0 Å². The summed E-state index contributed by atoms with van der Waals surface area (Å²) >= 11 is 0. The van der Waals surface area contributed by atoms with E-state index in [9.17, 15) is 9.90 Å². The first kappa shape index (κ1) is 27.2. The number of allylic oxidation sites excluding steroid dienone is 1. The third kappa shape index (κ3) is 5.70. The molecule has 3 heteroatoms. The van der Waals surface area contributed by atoms with Gasteiger partial charge in [0.05, 0.1) is 12.7 Å². The topological polar surface area (TPSA) is 46.5 Å². The fourth-order valence-corrected chi connectivity index (χ4v) is 9.30. The van der Waals surface area contributed by atoms with Crippen molar-refractivity contribution in [3.8, 4) is 0 Å². The molecule has 4 rings (SSSR count). The van der Waals surface area contributed by atoms with Crippen molar-refractivity contribution in [1.29, 1.82) is 0 Å². The molecule has 0 aromatic heterocycles. The Morgan fingerprint density at radius 2 is 1.83 bits per heavy atom. The summed E-state index contributed by atoms with van der Waals surface area (Å²) in [6, 6.07) is 0. The van der Waals surface area contributed by atoms with Crippen LogP contribution in [0.2, 0.25) is 0 Å². The Morgan fingerprint density at radius 3 is 2.63 bits per heavy atom. The lowest BCUT2D eigenvalue weighted by Crippen LogP contribution is -2.50. The summed E-state index contributed by atoms with van der Waals surface area (Å²) in [6.45, 7) is 10.4. The summed E-state index contributed by atoms with van der Waals surface area (Å²) in [5, 5.41) is 10.3. The molecule has 8 atom stereocenters. The molecule has 0 aliphatic heterocycles. The first-order chi connectivity index (χ1) is 16.8. The second-order valence-corrected chi connectivity index (χ2v) is 13.4. The van der Waals surface area contributed by atoms with Crippen molar-refractivity contribution in [2.45, 2.75) is 137 Å². The van der Waals surface area contributed by atoms with E-state index in [1.54, 1.807) is 5.57 Å². The van der Waals surface area contributed by atoms with Crippen LogP contribution < -0.4 is 0 Å². The van der Waals surface area contributed by atoms with Crippen molar-refractivity contribution in [3.63, 3.8) is 0 Å². The Hall–Kier alpha value is -0.830. The zero-order valence-electron chi connectivity index (χ0n) is 23.3. The molecule has 4 aliphatic carbocycles. The van der Waals surface area contributed by atoms with E-state index >= 15 is 0 Å². The van der Waals surface area contributed by atoms with Crippen LogP contribution in [-0.2, 0) is 9.53 Å². The second-order valence-electron chi connectivity index (χ2n) is 13.4. The van der Waals surface area contributed by atoms with Gasteiger partial charge in [-0.3, -0.25) is 4.79 Å². The van der Waals surface area contributed by atoms with Crippen molar-refractivity contribution in [1.82, 2.24) is 0 Å². The maximum atomic E-state index is 12.4. The van der Waals surface area contributed by atoms with Crippen molar-refractivity contribution < 1.29 is 14.6 Å². The summed E-state index contributed by atoms with van der Waals surface area (Å²) < 4.78 is 5.57. The minimum Gasteiger partial charge on any atom is -0.466 e. The van der Waals surface area contributed by atoms with Gasteiger partial charge >= 0.3 is 5.97 Å². The Labute approximate surface area is 215 Å². The summed E-state index contributed by atoms with van der Waals surface area (Å²) in [6.07, 6.45) is 21.1. The molecule has 0 saturated heterocycles. The number of fused-ring (bicyclic) bond motifs is 5. The molecule has 0 unspecified atom stereocenters. The Morgan fingerprint density at radius 1 is 1.06 bits per heavy atom. The zero-order chi connectivity index (χ0) is 25.1. The third-order valence-electron chi connectivity index (χ3n) is 11.4. The normalized spacial score (nSPS) is 39.2.